The van der Waals surface area contributed by atoms with Crippen LogP contribution in [0.2, 0.25) is 0 Å². The molecule has 6 heteroatoms. The van der Waals surface area contributed by atoms with Crippen LogP contribution < -0.4 is 10.6 Å². The first kappa shape index (κ1) is 14.0. The number of hydrogen-bond donors (Lipinski definition) is 2. The number of ether oxygens (including phenoxy) is 1. The van der Waals surface area contributed by atoms with Crippen LogP contribution >= 0.6 is 11.3 Å². The predicted octanol–water partition coefficient (Wildman–Crippen LogP) is 1.92. The Morgan fingerprint density at radius 3 is 3.00 bits per heavy atom. The average molecular weight is 282 g/mol. The van der Waals surface area contributed by atoms with Crippen molar-refractivity contribution < 1.29 is 14.3 Å². The Bertz CT molecular complexity index is 478. The molecule has 0 spiro atoms. The van der Waals surface area contributed by atoms with Gasteiger partial charge in [0, 0.05) is 4.88 Å². The number of carbonyl (C=O) groups is 2. The van der Waals surface area contributed by atoms with Crippen LogP contribution in [-0.4, -0.2) is 31.1 Å². The molecule has 0 saturated carbocycles. The summed E-state index contributed by atoms with van der Waals surface area (Å²) in [5.41, 5.74) is 0.440. The van der Waals surface area contributed by atoms with Gasteiger partial charge in [0.25, 0.3) is 0 Å². The van der Waals surface area contributed by atoms with Crippen LogP contribution in [0.15, 0.2) is 6.07 Å². The lowest BCUT2D eigenvalue weighted by Gasteiger charge is -2.10. The van der Waals surface area contributed by atoms with Crippen molar-refractivity contribution in [3.05, 3.63) is 16.5 Å². The van der Waals surface area contributed by atoms with Crippen LogP contribution in [0, 0.1) is 6.92 Å². The minimum atomic E-state index is -0.387. The summed E-state index contributed by atoms with van der Waals surface area (Å²) < 4.78 is 4.99. The van der Waals surface area contributed by atoms with Crippen molar-refractivity contribution in [3.8, 4) is 0 Å². The summed E-state index contributed by atoms with van der Waals surface area (Å²) in [6.45, 7) is 4.85. The molecule has 1 aromatic rings. The van der Waals surface area contributed by atoms with Crippen LogP contribution in [-0.2, 0) is 9.53 Å². The zero-order chi connectivity index (χ0) is 13.8. The average Bonchev–Trinajstić information content (AvgIpc) is 2.98. The van der Waals surface area contributed by atoms with Gasteiger partial charge in [0.1, 0.15) is 5.00 Å². The van der Waals surface area contributed by atoms with Crippen LogP contribution in [0.4, 0.5) is 5.00 Å². The number of esters is 1. The molecule has 0 radical (unpaired) electrons. The fourth-order valence-corrected chi connectivity index (χ4v) is 2.98. The summed E-state index contributed by atoms with van der Waals surface area (Å²) in [6, 6.07) is 1.60. The maximum Gasteiger partial charge on any atom is 0.341 e. The van der Waals surface area contributed by atoms with Crippen molar-refractivity contribution in [1.29, 1.82) is 0 Å². The van der Waals surface area contributed by atoms with Gasteiger partial charge in [-0.2, -0.15) is 0 Å². The van der Waals surface area contributed by atoms with Crippen molar-refractivity contribution in [3.63, 3.8) is 0 Å². The van der Waals surface area contributed by atoms with Gasteiger partial charge in [-0.1, -0.05) is 0 Å². The summed E-state index contributed by atoms with van der Waals surface area (Å²) in [6.07, 6.45) is 1.84. The third-order valence-electron chi connectivity index (χ3n) is 2.96. The van der Waals surface area contributed by atoms with Gasteiger partial charge in [0.05, 0.1) is 18.2 Å². The Hall–Kier alpha value is -1.40. The van der Waals surface area contributed by atoms with Gasteiger partial charge in [-0.05, 0) is 39.3 Å². The molecule has 19 heavy (non-hydrogen) atoms. The zero-order valence-corrected chi connectivity index (χ0v) is 11.9. The predicted molar refractivity (Wildman–Crippen MR) is 74.7 cm³/mol. The van der Waals surface area contributed by atoms with Gasteiger partial charge >= 0.3 is 5.97 Å². The molecule has 104 valence electrons. The molecular weight excluding hydrogens is 264 g/mol. The van der Waals surface area contributed by atoms with Crippen molar-refractivity contribution >= 4 is 28.2 Å². The second-order valence-electron chi connectivity index (χ2n) is 4.46. The highest BCUT2D eigenvalue weighted by Gasteiger charge is 2.24. The lowest BCUT2D eigenvalue weighted by Crippen LogP contribution is -2.35. The molecule has 2 heterocycles. The SMILES string of the molecule is CCOC(=O)c1cc(C)sc1NC(=O)[C@H]1CCCN1. The van der Waals surface area contributed by atoms with Gasteiger partial charge in [-0.3, -0.25) is 4.79 Å². The lowest BCUT2D eigenvalue weighted by molar-refractivity contribution is -0.117. The minimum absolute atomic E-state index is 0.0788. The van der Waals surface area contributed by atoms with E-state index in [1.54, 1.807) is 13.0 Å². The van der Waals surface area contributed by atoms with E-state index >= 15 is 0 Å². The first-order valence-corrected chi connectivity index (χ1v) is 7.25. The van der Waals surface area contributed by atoms with E-state index in [0.717, 1.165) is 24.3 Å². The molecule has 1 saturated heterocycles. The largest absolute Gasteiger partial charge is 0.462 e. The van der Waals surface area contributed by atoms with Crippen molar-refractivity contribution in [2.24, 2.45) is 0 Å². The van der Waals surface area contributed by atoms with Crippen molar-refractivity contribution in [1.82, 2.24) is 5.32 Å². The monoisotopic (exact) mass is 282 g/mol. The summed E-state index contributed by atoms with van der Waals surface area (Å²) in [7, 11) is 0. The lowest BCUT2D eigenvalue weighted by atomic mass is 10.2. The maximum absolute atomic E-state index is 12.0. The van der Waals surface area contributed by atoms with E-state index in [-0.39, 0.29) is 17.9 Å². The van der Waals surface area contributed by atoms with Crippen molar-refractivity contribution in [2.45, 2.75) is 32.7 Å². The molecule has 0 aliphatic carbocycles. The number of rotatable bonds is 4. The van der Waals surface area contributed by atoms with E-state index in [1.165, 1.54) is 11.3 Å². The van der Waals surface area contributed by atoms with Crippen LogP contribution in [0.5, 0.6) is 0 Å². The van der Waals surface area contributed by atoms with Gasteiger partial charge in [-0.15, -0.1) is 11.3 Å². The van der Waals surface area contributed by atoms with Crippen LogP contribution in [0.1, 0.15) is 35.0 Å². The molecule has 1 aliphatic heterocycles. The number of anilines is 1. The van der Waals surface area contributed by atoms with E-state index in [9.17, 15) is 9.59 Å². The second kappa shape index (κ2) is 6.16. The van der Waals surface area contributed by atoms with Crippen molar-refractivity contribution in [2.75, 3.05) is 18.5 Å². The first-order chi connectivity index (χ1) is 9.11. The quantitative estimate of drug-likeness (QED) is 0.828. The number of aryl methyl sites for hydroxylation is 1. The number of carbonyl (C=O) groups excluding carboxylic acids is 2. The highest BCUT2D eigenvalue weighted by molar-refractivity contribution is 7.16. The topological polar surface area (TPSA) is 67.4 Å². The Labute approximate surface area is 116 Å². The third kappa shape index (κ3) is 3.33. The standard InChI is InChI=1S/C13H18N2O3S/c1-3-18-13(17)9-7-8(2)19-12(9)15-11(16)10-5-4-6-14-10/h7,10,14H,3-6H2,1-2H3,(H,15,16)/t10-/m1/s1. The summed E-state index contributed by atoms with van der Waals surface area (Å²) >= 11 is 1.40. The molecule has 2 N–H and O–H groups in total. The molecule has 1 atom stereocenters. The molecule has 2 rings (SSSR count). The Balaban J connectivity index is 2.10. The van der Waals surface area contributed by atoms with E-state index in [2.05, 4.69) is 10.6 Å². The highest BCUT2D eigenvalue weighted by atomic mass is 32.1. The summed E-state index contributed by atoms with van der Waals surface area (Å²) in [5.74, 6) is -0.466. The normalized spacial score (nSPS) is 18.3. The van der Waals surface area contributed by atoms with E-state index in [1.807, 2.05) is 6.92 Å². The molecule has 1 amide bonds. The Morgan fingerprint density at radius 2 is 2.37 bits per heavy atom. The Morgan fingerprint density at radius 1 is 1.58 bits per heavy atom. The minimum Gasteiger partial charge on any atom is -0.462 e. The van der Waals surface area contributed by atoms with Gasteiger partial charge in [0.2, 0.25) is 5.91 Å². The molecule has 1 aliphatic rings. The van der Waals surface area contributed by atoms with Gasteiger partial charge in [0.15, 0.2) is 0 Å². The van der Waals surface area contributed by atoms with E-state index in [4.69, 9.17) is 4.74 Å². The molecule has 0 unspecified atom stereocenters. The van der Waals surface area contributed by atoms with Crippen LogP contribution in [0.25, 0.3) is 0 Å². The fourth-order valence-electron chi connectivity index (χ4n) is 2.07. The third-order valence-corrected chi connectivity index (χ3v) is 3.93. The summed E-state index contributed by atoms with van der Waals surface area (Å²) in [4.78, 5) is 24.8. The molecule has 1 aromatic heterocycles. The Kier molecular flexibility index (Phi) is 4.55. The summed E-state index contributed by atoms with van der Waals surface area (Å²) in [5, 5.41) is 6.54. The highest BCUT2D eigenvalue weighted by Crippen LogP contribution is 2.28. The molecular formula is C13H18N2O3S. The second-order valence-corrected chi connectivity index (χ2v) is 5.71. The fraction of sp³-hybridized carbons (Fsp3) is 0.538. The molecule has 0 bridgehead atoms. The number of thiophene rings is 1. The molecule has 5 nitrogen and oxygen atoms in total. The molecule has 1 fully saturated rings. The van der Waals surface area contributed by atoms with Gasteiger partial charge < -0.3 is 15.4 Å². The van der Waals surface area contributed by atoms with E-state index in [0.29, 0.717) is 17.2 Å². The molecule has 0 aromatic carbocycles. The number of nitrogens with one attached hydrogen (secondary N) is 2. The maximum atomic E-state index is 12.0. The number of amides is 1. The number of hydrogen-bond acceptors (Lipinski definition) is 5. The van der Waals surface area contributed by atoms with Crippen LogP contribution in [0.3, 0.4) is 0 Å². The zero-order valence-electron chi connectivity index (χ0n) is 11.1. The smallest absolute Gasteiger partial charge is 0.341 e. The van der Waals surface area contributed by atoms with Gasteiger partial charge in [-0.25, -0.2) is 4.79 Å². The first-order valence-electron chi connectivity index (χ1n) is 6.43. The van der Waals surface area contributed by atoms with E-state index < -0.39 is 0 Å².